The summed E-state index contributed by atoms with van der Waals surface area (Å²) in [6.07, 6.45) is 0.813. The van der Waals surface area contributed by atoms with E-state index >= 15 is 0 Å². The number of rotatable bonds is 6. The molecule has 0 radical (unpaired) electrons. The lowest BCUT2D eigenvalue weighted by atomic mass is 10.1. The van der Waals surface area contributed by atoms with E-state index in [4.69, 9.17) is 4.74 Å². The second kappa shape index (κ2) is 7.60. The molecule has 0 aliphatic rings. The first-order chi connectivity index (χ1) is 9.01. The van der Waals surface area contributed by atoms with E-state index in [-0.39, 0.29) is 17.5 Å². The van der Waals surface area contributed by atoms with Crippen molar-refractivity contribution in [1.29, 1.82) is 0 Å². The van der Waals surface area contributed by atoms with Gasteiger partial charge in [-0.3, -0.25) is 4.79 Å². The molecule has 0 saturated carbocycles. The van der Waals surface area contributed by atoms with Crippen LogP contribution in [0.1, 0.15) is 30.6 Å². The molecular formula is C14H19BrFNO2. The summed E-state index contributed by atoms with van der Waals surface area (Å²) in [6.45, 7) is 4.84. The molecule has 1 unspecified atom stereocenters. The minimum atomic E-state index is -0.509. The average molecular weight is 332 g/mol. The number of carbonyl (C=O) groups is 1. The molecule has 19 heavy (non-hydrogen) atoms. The van der Waals surface area contributed by atoms with E-state index in [9.17, 15) is 9.18 Å². The maximum absolute atomic E-state index is 13.8. The first kappa shape index (κ1) is 16.1. The third-order valence-corrected chi connectivity index (χ3v) is 3.57. The van der Waals surface area contributed by atoms with Gasteiger partial charge in [-0.05, 0) is 31.5 Å². The molecule has 0 saturated heterocycles. The number of halogens is 2. The highest BCUT2D eigenvalue weighted by Gasteiger charge is 2.22. The molecule has 106 valence electrons. The Morgan fingerprint density at radius 1 is 1.53 bits per heavy atom. The quantitative estimate of drug-likeness (QED) is 0.798. The number of hydrogen-bond acceptors (Lipinski definition) is 2. The zero-order chi connectivity index (χ0) is 14.4. The van der Waals surface area contributed by atoms with E-state index in [1.165, 1.54) is 12.1 Å². The molecule has 1 aromatic rings. The van der Waals surface area contributed by atoms with Crippen LogP contribution in [0.15, 0.2) is 22.7 Å². The summed E-state index contributed by atoms with van der Waals surface area (Å²) in [5, 5.41) is 0. The van der Waals surface area contributed by atoms with E-state index < -0.39 is 5.82 Å². The van der Waals surface area contributed by atoms with Gasteiger partial charge in [-0.1, -0.05) is 22.9 Å². The first-order valence-corrected chi connectivity index (χ1v) is 7.05. The van der Waals surface area contributed by atoms with Gasteiger partial charge in [0.05, 0.1) is 12.2 Å². The molecule has 3 nitrogen and oxygen atoms in total. The van der Waals surface area contributed by atoms with Gasteiger partial charge in [0.1, 0.15) is 5.82 Å². The predicted octanol–water partition coefficient (Wildman–Crippen LogP) is 3.48. The molecule has 0 N–H and O–H groups in total. The van der Waals surface area contributed by atoms with Crippen LogP contribution < -0.4 is 0 Å². The topological polar surface area (TPSA) is 29.5 Å². The molecule has 0 aliphatic heterocycles. The molecule has 1 aromatic carbocycles. The Kier molecular flexibility index (Phi) is 6.45. The third kappa shape index (κ3) is 4.28. The summed E-state index contributed by atoms with van der Waals surface area (Å²) in [5.41, 5.74) is 0.0969. The summed E-state index contributed by atoms with van der Waals surface area (Å²) in [5.74, 6) is -0.804. The number of hydrogen-bond donors (Lipinski definition) is 0. The van der Waals surface area contributed by atoms with Gasteiger partial charge in [0.25, 0.3) is 5.91 Å². The highest BCUT2D eigenvalue weighted by atomic mass is 79.9. The second-order valence-corrected chi connectivity index (χ2v) is 5.29. The summed E-state index contributed by atoms with van der Waals surface area (Å²) in [7, 11) is 1.58. The Balaban J connectivity index is 2.97. The van der Waals surface area contributed by atoms with Crippen molar-refractivity contribution in [2.24, 2.45) is 0 Å². The highest BCUT2D eigenvalue weighted by molar-refractivity contribution is 9.10. The smallest absolute Gasteiger partial charge is 0.257 e. The van der Waals surface area contributed by atoms with Gasteiger partial charge >= 0.3 is 0 Å². The minimum absolute atomic E-state index is 0.0469. The zero-order valence-electron chi connectivity index (χ0n) is 11.5. The number of methoxy groups -OCH3 is 1. The predicted molar refractivity (Wildman–Crippen MR) is 76.8 cm³/mol. The fraction of sp³-hybridized carbons (Fsp3) is 0.500. The number of benzene rings is 1. The van der Waals surface area contributed by atoms with Crippen LogP contribution in [0.5, 0.6) is 0 Å². The van der Waals surface area contributed by atoms with E-state index in [0.29, 0.717) is 17.6 Å². The summed E-state index contributed by atoms with van der Waals surface area (Å²) in [6, 6.07) is 4.52. The highest BCUT2D eigenvalue weighted by Crippen LogP contribution is 2.18. The van der Waals surface area contributed by atoms with Crippen molar-refractivity contribution >= 4 is 21.8 Å². The normalized spacial score (nSPS) is 12.3. The van der Waals surface area contributed by atoms with Gasteiger partial charge in [0.2, 0.25) is 0 Å². The van der Waals surface area contributed by atoms with Crippen molar-refractivity contribution in [3.63, 3.8) is 0 Å². The summed E-state index contributed by atoms with van der Waals surface area (Å²) in [4.78, 5) is 14.0. The lowest BCUT2D eigenvalue weighted by molar-refractivity contribution is 0.0609. The number of nitrogens with zero attached hydrogens (tertiary/aromatic N) is 1. The fourth-order valence-corrected chi connectivity index (χ4v) is 2.08. The Morgan fingerprint density at radius 3 is 2.74 bits per heavy atom. The Morgan fingerprint density at radius 2 is 2.21 bits per heavy atom. The molecule has 0 bridgehead atoms. The maximum Gasteiger partial charge on any atom is 0.257 e. The molecule has 0 aliphatic carbocycles. The molecule has 1 atom stereocenters. The van der Waals surface area contributed by atoms with Crippen LogP contribution in [0.3, 0.4) is 0 Å². The summed E-state index contributed by atoms with van der Waals surface area (Å²) >= 11 is 3.18. The zero-order valence-corrected chi connectivity index (χ0v) is 13.0. The lowest BCUT2D eigenvalue weighted by Gasteiger charge is -2.28. The molecule has 1 rings (SSSR count). The van der Waals surface area contributed by atoms with Crippen LogP contribution >= 0.6 is 15.9 Å². The van der Waals surface area contributed by atoms with Crippen LogP contribution in [0.25, 0.3) is 0 Å². The van der Waals surface area contributed by atoms with Crippen molar-refractivity contribution in [1.82, 2.24) is 4.90 Å². The van der Waals surface area contributed by atoms with Gasteiger partial charge in [0.15, 0.2) is 0 Å². The van der Waals surface area contributed by atoms with Crippen molar-refractivity contribution < 1.29 is 13.9 Å². The van der Waals surface area contributed by atoms with Crippen molar-refractivity contribution in [3.05, 3.63) is 34.1 Å². The monoisotopic (exact) mass is 331 g/mol. The van der Waals surface area contributed by atoms with Crippen molar-refractivity contribution in [3.8, 4) is 0 Å². The molecule has 5 heteroatoms. The lowest BCUT2D eigenvalue weighted by Crippen LogP contribution is -2.40. The number of amides is 1. The SMILES string of the molecule is CCC(C)N(CCOC)C(=O)c1ccc(Br)cc1F. The van der Waals surface area contributed by atoms with E-state index in [2.05, 4.69) is 15.9 Å². The Bertz CT molecular complexity index is 439. The van der Waals surface area contributed by atoms with Gasteiger partial charge in [0, 0.05) is 24.2 Å². The van der Waals surface area contributed by atoms with Crippen LogP contribution in [-0.2, 0) is 4.74 Å². The Labute approximate surface area is 121 Å². The molecule has 1 amide bonds. The largest absolute Gasteiger partial charge is 0.383 e. The van der Waals surface area contributed by atoms with Crippen molar-refractivity contribution in [2.75, 3.05) is 20.3 Å². The third-order valence-electron chi connectivity index (χ3n) is 3.08. The Hall–Kier alpha value is -0.940. The molecule has 0 fully saturated rings. The minimum Gasteiger partial charge on any atom is -0.383 e. The summed E-state index contributed by atoms with van der Waals surface area (Å²) < 4.78 is 19.5. The van der Waals surface area contributed by atoms with Gasteiger partial charge < -0.3 is 9.64 Å². The number of carbonyl (C=O) groups excluding carboxylic acids is 1. The number of ether oxygens (including phenoxy) is 1. The van der Waals surface area contributed by atoms with E-state index in [1.807, 2.05) is 13.8 Å². The van der Waals surface area contributed by atoms with Crippen LogP contribution in [0.4, 0.5) is 4.39 Å². The molecule has 0 spiro atoms. The second-order valence-electron chi connectivity index (χ2n) is 4.37. The van der Waals surface area contributed by atoms with Crippen LogP contribution in [-0.4, -0.2) is 37.1 Å². The first-order valence-electron chi connectivity index (χ1n) is 6.26. The van der Waals surface area contributed by atoms with Gasteiger partial charge in [-0.15, -0.1) is 0 Å². The van der Waals surface area contributed by atoms with Crippen molar-refractivity contribution in [2.45, 2.75) is 26.3 Å². The van der Waals surface area contributed by atoms with Gasteiger partial charge in [-0.2, -0.15) is 0 Å². The molecule has 0 aromatic heterocycles. The van der Waals surface area contributed by atoms with E-state index in [1.54, 1.807) is 18.1 Å². The average Bonchev–Trinajstić information content (AvgIpc) is 2.38. The van der Waals surface area contributed by atoms with Gasteiger partial charge in [-0.25, -0.2) is 4.39 Å². The molecule has 0 heterocycles. The van der Waals surface area contributed by atoms with E-state index in [0.717, 1.165) is 6.42 Å². The van der Waals surface area contributed by atoms with Crippen LogP contribution in [0.2, 0.25) is 0 Å². The maximum atomic E-state index is 13.8. The van der Waals surface area contributed by atoms with Crippen LogP contribution in [0, 0.1) is 5.82 Å². The standard InChI is InChI=1S/C14H19BrFNO2/c1-4-10(2)17(7-8-19-3)14(18)12-6-5-11(15)9-13(12)16/h5-6,9-10H,4,7-8H2,1-3H3. The fourth-order valence-electron chi connectivity index (χ4n) is 1.75. The molecular weight excluding hydrogens is 313 g/mol.